The molecule has 0 aromatic rings. The maximum Gasteiger partial charge on any atom is 0.309 e. The molecule has 0 spiro atoms. The van der Waals surface area contributed by atoms with E-state index in [-0.39, 0.29) is 12.4 Å². The molecule has 0 heterocycles. The zero-order valence-corrected chi connectivity index (χ0v) is 9.50. The average Bonchev–Trinajstić information content (AvgIpc) is 2.06. The van der Waals surface area contributed by atoms with Crippen molar-refractivity contribution in [1.82, 2.24) is 0 Å². The van der Waals surface area contributed by atoms with Crippen LogP contribution in [0.15, 0.2) is 0 Å². The summed E-state index contributed by atoms with van der Waals surface area (Å²) in [5.74, 6) is -0.750. The maximum absolute atomic E-state index is 13.2. The summed E-state index contributed by atoms with van der Waals surface area (Å²) in [6.07, 6.45) is -1.28. The molecule has 0 amide bonds. The molecule has 15 heavy (non-hydrogen) atoms. The van der Waals surface area contributed by atoms with Gasteiger partial charge in [-0.2, -0.15) is 0 Å². The van der Waals surface area contributed by atoms with Gasteiger partial charge in [0, 0.05) is 0 Å². The lowest BCUT2D eigenvalue weighted by Crippen LogP contribution is -2.37. The topological polar surface area (TPSA) is 46.5 Å². The molecule has 3 atom stereocenters. The standard InChI is InChI=1S/C11H19FO3/c1-11(2,3)15-10(14)7-4-5-9(13)8(12)6-7/h7-9,13H,4-6H2,1-3H3. The second-order valence-corrected chi connectivity index (χ2v) is 5.13. The number of halogens is 1. The first kappa shape index (κ1) is 12.4. The molecule has 4 heteroatoms. The van der Waals surface area contributed by atoms with E-state index in [0.717, 1.165) is 0 Å². The number of carbonyl (C=O) groups excluding carboxylic acids is 1. The van der Waals surface area contributed by atoms with Crippen molar-refractivity contribution in [3.63, 3.8) is 0 Å². The summed E-state index contributed by atoms with van der Waals surface area (Å²) in [7, 11) is 0. The van der Waals surface area contributed by atoms with Crippen LogP contribution in [0.4, 0.5) is 4.39 Å². The van der Waals surface area contributed by atoms with E-state index in [0.29, 0.717) is 12.8 Å². The van der Waals surface area contributed by atoms with Crippen molar-refractivity contribution in [1.29, 1.82) is 0 Å². The molecule has 1 N–H and O–H groups in total. The highest BCUT2D eigenvalue weighted by atomic mass is 19.1. The van der Waals surface area contributed by atoms with Gasteiger partial charge >= 0.3 is 5.97 Å². The summed E-state index contributed by atoms with van der Waals surface area (Å²) in [6.45, 7) is 5.36. The molecule has 0 bridgehead atoms. The third-order valence-corrected chi connectivity index (χ3v) is 2.48. The van der Waals surface area contributed by atoms with Crippen LogP contribution in [0.2, 0.25) is 0 Å². The molecule has 0 aliphatic heterocycles. The minimum Gasteiger partial charge on any atom is -0.460 e. The molecule has 1 fully saturated rings. The average molecular weight is 218 g/mol. The SMILES string of the molecule is CC(C)(C)OC(=O)C1CCC(O)C(F)C1. The molecular weight excluding hydrogens is 199 g/mol. The van der Waals surface area contributed by atoms with Gasteiger partial charge in [0.2, 0.25) is 0 Å². The Morgan fingerprint density at radius 2 is 2.00 bits per heavy atom. The van der Waals surface area contributed by atoms with Crippen LogP contribution in [-0.4, -0.2) is 29.0 Å². The van der Waals surface area contributed by atoms with Crippen LogP contribution in [0.1, 0.15) is 40.0 Å². The lowest BCUT2D eigenvalue weighted by molar-refractivity contribution is -0.163. The highest BCUT2D eigenvalue weighted by Gasteiger charge is 2.35. The Bertz CT molecular complexity index is 234. The van der Waals surface area contributed by atoms with Crippen molar-refractivity contribution >= 4 is 5.97 Å². The maximum atomic E-state index is 13.2. The molecule has 1 rings (SSSR count). The van der Waals surface area contributed by atoms with E-state index >= 15 is 0 Å². The van der Waals surface area contributed by atoms with Gasteiger partial charge in [0.15, 0.2) is 0 Å². The predicted molar refractivity (Wildman–Crippen MR) is 54.1 cm³/mol. The third kappa shape index (κ3) is 3.78. The molecule has 0 radical (unpaired) electrons. The van der Waals surface area contributed by atoms with Gasteiger partial charge in [0.05, 0.1) is 12.0 Å². The van der Waals surface area contributed by atoms with Gasteiger partial charge in [0.25, 0.3) is 0 Å². The van der Waals surface area contributed by atoms with E-state index in [1.165, 1.54) is 0 Å². The van der Waals surface area contributed by atoms with Crippen LogP contribution >= 0.6 is 0 Å². The first-order chi connectivity index (χ1) is 6.79. The summed E-state index contributed by atoms with van der Waals surface area (Å²) in [6, 6.07) is 0. The first-order valence-electron chi connectivity index (χ1n) is 5.34. The van der Waals surface area contributed by atoms with E-state index in [9.17, 15) is 14.3 Å². The summed E-state index contributed by atoms with van der Waals surface area (Å²) >= 11 is 0. The zero-order chi connectivity index (χ0) is 11.6. The fraction of sp³-hybridized carbons (Fsp3) is 0.909. The molecular formula is C11H19FO3. The Morgan fingerprint density at radius 3 is 2.47 bits per heavy atom. The van der Waals surface area contributed by atoms with Gasteiger partial charge in [-0.25, -0.2) is 4.39 Å². The van der Waals surface area contributed by atoms with Crippen molar-refractivity contribution in [3.8, 4) is 0 Å². The number of alkyl halides is 1. The van der Waals surface area contributed by atoms with Crippen molar-refractivity contribution in [3.05, 3.63) is 0 Å². The molecule has 1 aliphatic rings. The van der Waals surface area contributed by atoms with E-state index in [2.05, 4.69) is 0 Å². The van der Waals surface area contributed by atoms with Gasteiger partial charge in [-0.05, 0) is 40.0 Å². The van der Waals surface area contributed by atoms with Gasteiger partial charge in [0.1, 0.15) is 11.8 Å². The largest absolute Gasteiger partial charge is 0.460 e. The molecule has 1 saturated carbocycles. The quantitative estimate of drug-likeness (QED) is 0.683. The van der Waals surface area contributed by atoms with Crippen LogP contribution in [0, 0.1) is 5.92 Å². The number of aliphatic hydroxyl groups excluding tert-OH is 1. The fourth-order valence-electron chi connectivity index (χ4n) is 1.70. The summed E-state index contributed by atoms with van der Waals surface area (Å²) in [5, 5.41) is 9.18. The molecule has 1 aliphatic carbocycles. The fourth-order valence-corrected chi connectivity index (χ4v) is 1.70. The van der Waals surface area contributed by atoms with E-state index in [4.69, 9.17) is 4.74 Å². The van der Waals surface area contributed by atoms with Crippen LogP contribution in [-0.2, 0) is 9.53 Å². The molecule has 0 aromatic carbocycles. The summed E-state index contributed by atoms with van der Waals surface area (Å²) in [5.41, 5.74) is -0.529. The first-order valence-corrected chi connectivity index (χ1v) is 5.34. The number of ether oxygens (including phenoxy) is 1. The number of carbonyl (C=O) groups is 1. The van der Waals surface area contributed by atoms with Gasteiger partial charge < -0.3 is 9.84 Å². The molecule has 0 aromatic heterocycles. The van der Waals surface area contributed by atoms with Crippen molar-refractivity contribution in [2.75, 3.05) is 0 Å². The highest BCUT2D eigenvalue weighted by Crippen LogP contribution is 2.28. The van der Waals surface area contributed by atoms with E-state index in [1.54, 1.807) is 20.8 Å². The predicted octanol–water partition coefficient (Wildman–Crippen LogP) is 1.83. The van der Waals surface area contributed by atoms with Crippen molar-refractivity contribution in [2.45, 2.75) is 57.9 Å². The van der Waals surface area contributed by atoms with Gasteiger partial charge in [-0.15, -0.1) is 0 Å². The number of rotatable bonds is 1. The van der Waals surface area contributed by atoms with Gasteiger partial charge in [-0.3, -0.25) is 4.79 Å². The monoisotopic (exact) mass is 218 g/mol. The Labute approximate surface area is 89.6 Å². The minimum absolute atomic E-state index is 0.0794. The lowest BCUT2D eigenvalue weighted by Gasteiger charge is -2.29. The Morgan fingerprint density at radius 1 is 1.40 bits per heavy atom. The number of hydrogen-bond donors (Lipinski definition) is 1. The molecule has 3 nitrogen and oxygen atoms in total. The third-order valence-electron chi connectivity index (χ3n) is 2.48. The molecule has 88 valence electrons. The number of hydrogen-bond acceptors (Lipinski definition) is 3. The second-order valence-electron chi connectivity index (χ2n) is 5.13. The molecule has 3 unspecified atom stereocenters. The van der Waals surface area contributed by atoms with Crippen molar-refractivity contribution < 1.29 is 19.0 Å². The van der Waals surface area contributed by atoms with E-state index in [1.807, 2.05) is 0 Å². The van der Waals surface area contributed by atoms with Crippen LogP contribution < -0.4 is 0 Å². The smallest absolute Gasteiger partial charge is 0.309 e. The van der Waals surface area contributed by atoms with E-state index < -0.39 is 23.8 Å². The summed E-state index contributed by atoms with van der Waals surface area (Å²) < 4.78 is 18.3. The van der Waals surface area contributed by atoms with Crippen LogP contribution in [0.3, 0.4) is 0 Å². The van der Waals surface area contributed by atoms with Crippen LogP contribution in [0.5, 0.6) is 0 Å². The Balaban J connectivity index is 2.48. The highest BCUT2D eigenvalue weighted by molar-refractivity contribution is 5.73. The molecule has 0 saturated heterocycles. The minimum atomic E-state index is -1.30. The lowest BCUT2D eigenvalue weighted by atomic mass is 9.86. The van der Waals surface area contributed by atoms with Gasteiger partial charge in [-0.1, -0.05) is 0 Å². The Hall–Kier alpha value is -0.640. The summed E-state index contributed by atoms with van der Waals surface area (Å²) in [4.78, 5) is 11.6. The number of esters is 1. The van der Waals surface area contributed by atoms with Crippen LogP contribution in [0.25, 0.3) is 0 Å². The second kappa shape index (κ2) is 4.47. The normalized spacial score (nSPS) is 32.5. The van der Waals surface area contributed by atoms with Crippen molar-refractivity contribution in [2.24, 2.45) is 5.92 Å². The Kier molecular flexibility index (Phi) is 3.71. The number of aliphatic hydroxyl groups is 1. The zero-order valence-electron chi connectivity index (χ0n) is 9.50.